The van der Waals surface area contributed by atoms with Crippen LogP contribution in [0.2, 0.25) is 0 Å². The van der Waals surface area contributed by atoms with Gasteiger partial charge in [0.2, 0.25) is 0 Å². The molecule has 1 aliphatic heterocycles. The Kier molecular flexibility index (Phi) is 2.21. The lowest BCUT2D eigenvalue weighted by atomic mass is 10.1. The normalized spacial score (nSPS) is 19.1. The molecular formula is C13H13N3O. The van der Waals surface area contributed by atoms with E-state index in [4.69, 9.17) is 10.5 Å². The second-order valence-corrected chi connectivity index (χ2v) is 4.19. The van der Waals surface area contributed by atoms with Crippen molar-refractivity contribution in [1.29, 1.82) is 0 Å². The van der Waals surface area contributed by atoms with Gasteiger partial charge in [0.15, 0.2) is 0 Å². The summed E-state index contributed by atoms with van der Waals surface area (Å²) in [5.74, 6) is 0. The molecule has 0 spiro atoms. The summed E-state index contributed by atoms with van der Waals surface area (Å²) in [5, 5.41) is 1.11. The minimum atomic E-state index is -0.0549. The molecule has 1 aliphatic rings. The highest BCUT2D eigenvalue weighted by molar-refractivity contribution is 5.80. The maximum Gasteiger partial charge on any atom is 0.282 e. The number of fused-ring (bicyclic) bond motifs is 1. The van der Waals surface area contributed by atoms with Gasteiger partial charge in [-0.15, -0.1) is 0 Å². The van der Waals surface area contributed by atoms with Crippen LogP contribution in [-0.2, 0) is 4.74 Å². The second-order valence-electron chi connectivity index (χ2n) is 4.19. The number of aryl methyl sites for hydroxylation is 1. The topological polar surface area (TPSA) is 60.5 Å². The molecule has 0 saturated carbocycles. The van der Waals surface area contributed by atoms with Crippen LogP contribution >= 0.6 is 0 Å². The second kappa shape index (κ2) is 3.73. The van der Waals surface area contributed by atoms with E-state index in [1.807, 2.05) is 25.1 Å². The third-order valence-electron chi connectivity index (χ3n) is 2.90. The number of hydrogen-bond acceptors (Lipinski definition) is 4. The minimum absolute atomic E-state index is 0.0549. The Hall–Kier alpha value is -2.10. The number of ether oxygens (including phenoxy) is 1. The van der Waals surface area contributed by atoms with Gasteiger partial charge in [-0.25, -0.2) is 4.99 Å². The maximum absolute atomic E-state index is 5.51. The summed E-state index contributed by atoms with van der Waals surface area (Å²) >= 11 is 0. The average molecular weight is 227 g/mol. The molecule has 2 aromatic rings. The lowest BCUT2D eigenvalue weighted by Gasteiger charge is -2.10. The molecule has 0 saturated heterocycles. The molecule has 0 amide bonds. The van der Waals surface area contributed by atoms with Crippen LogP contribution in [0, 0.1) is 6.92 Å². The van der Waals surface area contributed by atoms with Crippen molar-refractivity contribution in [2.24, 2.45) is 10.7 Å². The largest absolute Gasteiger partial charge is 0.455 e. The molecule has 3 rings (SSSR count). The van der Waals surface area contributed by atoms with Crippen molar-refractivity contribution >= 4 is 16.9 Å². The molecule has 1 aromatic carbocycles. The molecule has 4 nitrogen and oxygen atoms in total. The first-order chi connectivity index (χ1) is 8.22. The number of nitrogens with two attached hydrogens (primary N) is 1. The zero-order valence-electron chi connectivity index (χ0n) is 9.55. The van der Waals surface area contributed by atoms with Gasteiger partial charge in [0.25, 0.3) is 6.02 Å². The summed E-state index contributed by atoms with van der Waals surface area (Å²) in [4.78, 5) is 8.51. The molecule has 86 valence electrons. The van der Waals surface area contributed by atoms with E-state index in [1.54, 1.807) is 0 Å². The zero-order chi connectivity index (χ0) is 11.8. The number of aromatic nitrogens is 1. The van der Waals surface area contributed by atoms with E-state index in [9.17, 15) is 0 Å². The Morgan fingerprint density at radius 1 is 1.29 bits per heavy atom. The molecule has 1 unspecified atom stereocenters. The molecule has 0 bridgehead atoms. The van der Waals surface area contributed by atoms with E-state index in [2.05, 4.69) is 22.1 Å². The lowest BCUT2D eigenvalue weighted by Crippen LogP contribution is -2.13. The summed E-state index contributed by atoms with van der Waals surface area (Å²) in [6.07, 6.45) is -0.0549. The molecular weight excluding hydrogens is 214 g/mol. The maximum atomic E-state index is 5.51. The quantitative estimate of drug-likeness (QED) is 0.809. The van der Waals surface area contributed by atoms with Gasteiger partial charge in [-0.05, 0) is 30.7 Å². The number of nitrogens with zero attached hydrogens (tertiary/aromatic N) is 2. The van der Waals surface area contributed by atoms with Crippen LogP contribution in [0.15, 0.2) is 35.3 Å². The SMILES string of the molecule is Cc1ccc2cc(C3CN=C(N)O3)ccc2n1. The van der Waals surface area contributed by atoms with Crippen LogP contribution in [0.4, 0.5) is 0 Å². The lowest BCUT2D eigenvalue weighted by molar-refractivity contribution is 0.226. The first-order valence-electron chi connectivity index (χ1n) is 5.56. The molecule has 2 N–H and O–H groups in total. The van der Waals surface area contributed by atoms with Gasteiger partial charge in [-0.1, -0.05) is 12.1 Å². The Morgan fingerprint density at radius 2 is 2.18 bits per heavy atom. The summed E-state index contributed by atoms with van der Waals surface area (Å²) in [7, 11) is 0. The minimum Gasteiger partial charge on any atom is -0.455 e. The summed E-state index contributed by atoms with van der Waals surface area (Å²) < 4.78 is 5.43. The summed E-state index contributed by atoms with van der Waals surface area (Å²) in [6, 6.07) is 10.5. The summed E-state index contributed by atoms with van der Waals surface area (Å²) in [5.41, 5.74) is 8.62. The van der Waals surface area contributed by atoms with Gasteiger partial charge in [-0.2, -0.15) is 0 Å². The van der Waals surface area contributed by atoms with E-state index in [1.165, 1.54) is 0 Å². The fraction of sp³-hybridized carbons (Fsp3) is 0.231. The number of hydrogen-bond donors (Lipinski definition) is 1. The van der Waals surface area contributed by atoms with Gasteiger partial charge < -0.3 is 10.5 Å². The Morgan fingerprint density at radius 3 is 2.94 bits per heavy atom. The Bertz CT molecular complexity index is 607. The van der Waals surface area contributed by atoms with E-state index >= 15 is 0 Å². The standard InChI is InChI=1S/C13H13N3O/c1-8-2-3-9-6-10(4-5-11(9)16-8)12-7-15-13(14)17-12/h2-6,12H,7H2,1H3,(H2,14,15). The Labute approximate surface area is 99.1 Å². The predicted molar refractivity (Wildman–Crippen MR) is 66.8 cm³/mol. The van der Waals surface area contributed by atoms with Crippen molar-refractivity contribution in [1.82, 2.24) is 4.98 Å². The van der Waals surface area contributed by atoms with Crippen molar-refractivity contribution in [3.63, 3.8) is 0 Å². The fourth-order valence-corrected chi connectivity index (χ4v) is 2.01. The zero-order valence-corrected chi connectivity index (χ0v) is 9.55. The van der Waals surface area contributed by atoms with Gasteiger partial charge >= 0.3 is 0 Å². The van der Waals surface area contributed by atoms with Crippen molar-refractivity contribution in [2.45, 2.75) is 13.0 Å². The molecule has 4 heteroatoms. The van der Waals surface area contributed by atoms with Crippen molar-refractivity contribution < 1.29 is 4.74 Å². The molecule has 0 aliphatic carbocycles. The van der Waals surface area contributed by atoms with Gasteiger partial charge in [0, 0.05) is 11.1 Å². The van der Waals surface area contributed by atoms with Crippen LogP contribution in [0.1, 0.15) is 17.4 Å². The van der Waals surface area contributed by atoms with Crippen molar-refractivity contribution in [3.05, 3.63) is 41.6 Å². The highest BCUT2D eigenvalue weighted by Gasteiger charge is 2.19. The van der Waals surface area contributed by atoms with Crippen LogP contribution in [0.25, 0.3) is 10.9 Å². The number of rotatable bonds is 1. The van der Waals surface area contributed by atoms with Gasteiger partial charge in [0.05, 0.1) is 12.1 Å². The monoisotopic (exact) mass is 227 g/mol. The van der Waals surface area contributed by atoms with E-state index in [-0.39, 0.29) is 12.1 Å². The molecule has 17 heavy (non-hydrogen) atoms. The molecule has 2 heterocycles. The van der Waals surface area contributed by atoms with E-state index < -0.39 is 0 Å². The predicted octanol–water partition coefficient (Wildman–Crippen LogP) is 1.93. The Balaban J connectivity index is 2.00. The molecule has 0 radical (unpaired) electrons. The van der Waals surface area contributed by atoms with Crippen molar-refractivity contribution in [2.75, 3.05) is 6.54 Å². The van der Waals surface area contributed by atoms with Crippen LogP contribution < -0.4 is 5.73 Å². The van der Waals surface area contributed by atoms with Crippen LogP contribution in [0.5, 0.6) is 0 Å². The molecule has 0 fully saturated rings. The highest BCUT2D eigenvalue weighted by Crippen LogP contribution is 2.25. The highest BCUT2D eigenvalue weighted by atomic mass is 16.5. The number of pyridine rings is 1. The third-order valence-corrected chi connectivity index (χ3v) is 2.90. The first kappa shape index (κ1) is 10.1. The third kappa shape index (κ3) is 1.82. The van der Waals surface area contributed by atoms with E-state index in [0.717, 1.165) is 22.2 Å². The number of amidine groups is 1. The average Bonchev–Trinajstić information content (AvgIpc) is 2.75. The van der Waals surface area contributed by atoms with E-state index in [0.29, 0.717) is 6.54 Å². The van der Waals surface area contributed by atoms with Gasteiger partial charge in [-0.3, -0.25) is 4.98 Å². The molecule has 1 aromatic heterocycles. The van der Waals surface area contributed by atoms with Gasteiger partial charge in [0.1, 0.15) is 6.10 Å². The van der Waals surface area contributed by atoms with Crippen LogP contribution in [0.3, 0.4) is 0 Å². The summed E-state index contributed by atoms with van der Waals surface area (Å²) in [6.45, 7) is 2.58. The van der Waals surface area contributed by atoms with Crippen molar-refractivity contribution in [3.8, 4) is 0 Å². The number of aliphatic imine (C=N–C) groups is 1. The first-order valence-corrected chi connectivity index (χ1v) is 5.56. The van der Waals surface area contributed by atoms with Crippen LogP contribution in [-0.4, -0.2) is 17.6 Å². The fourth-order valence-electron chi connectivity index (χ4n) is 2.01. The number of benzene rings is 1. The molecule has 1 atom stereocenters. The smallest absolute Gasteiger partial charge is 0.282 e.